The van der Waals surface area contributed by atoms with Crippen LogP contribution in [0.3, 0.4) is 0 Å². The molecule has 0 spiro atoms. The van der Waals surface area contributed by atoms with Crippen LogP contribution in [0.5, 0.6) is 0 Å². The van der Waals surface area contributed by atoms with Gasteiger partial charge in [0.15, 0.2) is 5.78 Å². The first-order valence-electron chi connectivity index (χ1n) is 11.2. The second-order valence-corrected chi connectivity index (χ2v) is 9.01. The second kappa shape index (κ2) is 9.03. The van der Waals surface area contributed by atoms with Gasteiger partial charge in [0, 0.05) is 35.8 Å². The van der Waals surface area contributed by atoms with E-state index in [-0.39, 0.29) is 11.7 Å². The number of rotatable bonds is 3. The van der Waals surface area contributed by atoms with Gasteiger partial charge in [-0.15, -0.1) is 0 Å². The summed E-state index contributed by atoms with van der Waals surface area (Å²) in [5.41, 5.74) is 10.6. The van der Waals surface area contributed by atoms with Gasteiger partial charge in [-0.2, -0.15) is 5.26 Å². The van der Waals surface area contributed by atoms with Crippen LogP contribution in [0.1, 0.15) is 35.8 Å². The third kappa shape index (κ3) is 3.93. The number of nitriles is 1. The maximum absolute atomic E-state index is 13.7. The van der Waals surface area contributed by atoms with Crippen molar-refractivity contribution < 1.29 is 9.53 Å². The lowest BCUT2D eigenvalue weighted by Crippen LogP contribution is -2.52. The zero-order valence-electron chi connectivity index (χ0n) is 18.2. The van der Waals surface area contributed by atoms with Gasteiger partial charge in [0.1, 0.15) is 5.82 Å². The molecule has 2 aliphatic heterocycles. The van der Waals surface area contributed by atoms with Gasteiger partial charge in [0.25, 0.3) is 0 Å². The predicted octanol–water partition coefficient (Wildman–Crippen LogP) is 4.08. The van der Waals surface area contributed by atoms with Crippen molar-refractivity contribution in [1.82, 2.24) is 10.0 Å². The number of nitrogens with zero attached hydrogens (tertiary/aromatic N) is 3. The number of Topliss-reactive ketones (excluding diaryl/α,β-unsaturated/α-hetero) is 1. The summed E-state index contributed by atoms with van der Waals surface area (Å²) in [7, 11) is 0. The molecule has 2 atom stereocenters. The molecule has 2 N–H and O–H groups in total. The van der Waals surface area contributed by atoms with E-state index in [0.717, 1.165) is 16.8 Å². The zero-order chi connectivity index (χ0) is 22.9. The number of carbonyl (C=O) groups is 1. The molecule has 1 saturated heterocycles. The molecule has 6 nitrogen and oxygen atoms in total. The lowest BCUT2D eigenvalue weighted by molar-refractivity contribution is -0.117. The van der Waals surface area contributed by atoms with Crippen LogP contribution in [0.4, 0.5) is 0 Å². The average molecular weight is 461 g/mol. The lowest BCUT2D eigenvalue weighted by Gasteiger charge is -2.47. The summed E-state index contributed by atoms with van der Waals surface area (Å²) in [5.74, 6) is 0.00949. The van der Waals surface area contributed by atoms with Crippen molar-refractivity contribution in [2.45, 2.75) is 24.7 Å². The molecule has 2 heterocycles. The number of carbonyl (C=O) groups excluding carboxylic acids is 1. The molecule has 2 aromatic carbocycles. The number of hydrogen-bond acceptors (Lipinski definition) is 6. The van der Waals surface area contributed by atoms with E-state index in [9.17, 15) is 10.1 Å². The van der Waals surface area contributed by atoms with Crippen molar-refractivity contribution in [3.63, 3.8) is 0 Å². The molecule has 1 aliphatic carbocycles. The van der Waals surface area contributed by atoms with Crippen LogP contribution >= 0.6 is 11.6 Å². The molecule has 168 valence electrons. The van der Waals surface area contributed by atoms with Crippen molar-refractivity contribution >= 4 is 17.4 Å². The van der Waals surface area contributed by atoms with Gasteiger partial charge in [-0.1, -0.05) is 54.1 Å². The largest absolute Gasteiger partial charge is 0.383 e. The van der Waals surface area contributed by atoms with Crippen molar-refractivity contribution in [3.8, 4) is 6.07 Å². The minimum absolute atomic E-state index is 0.0586. The molecular formula is C26H25ClN4O2. The van der Waals surface area contributed by atoms with Gasteiger partial charge < -0.3 is 10.5 Å². The first kappa shape index (κ1) is 21.7. The number of allylic oxidation sites excluding steroid dienone is 3. The smallest absolute Gasteiger partial charge is 0.162 e. The van der Waals surface area contributed by atoms with E-state index in [2.05, 4.69) is 23.2 Å². The third-order valence-corrected chi connectivity index (χ3v) is 6.94. The van der Waals surface area contributed by atoms with Gasteiger partial charge in [0.2, 0.25) is 0 Å². The highest BCUT2D eigenvalue weighted by atomic mass is 35.5. The highest BCUT2D eigenvalue weighted by Gasteiger charge is 2.44. The maximum Gasteiger partial charge on any atom is 0.162 e. The number of ether oxygens (including phenoxy) is 1. The molecule has 5 rings (SSSR count). The van der Waals surface area contributed by atoms with Gasteiger partial charge in [0.05, 0.1) is 30.8 Å². The number of nitrogens with two attached hydrogens (primary N) is 1. The summed E-state index contributed by atoms with van der Waals surface area (Å²) >= 11 is 6.12. The van der Waals surface area contributed by atoms with Crippen molar-refractivity contribution in [1.29, 1.82) is 5.26 Å². The van der Waals surface area contributed by atoms with E-state index < -0.39 is 5.92 Å². The first-order valence-corrected chi connectivity index (χ1v) is 11.6. The predicted molar refractivity (Wildman–Crippen MR) is 126 cm³/mol. The van der Waals surface area contributed by atoms with E-state index in [0.29, 0.717) is 61.1 Å². The van der Waals surface area contributed by atoms with Crippen LogP contribution < -0.4 is 5.73 Å². The van der Waals surface area contributed by atoms with Gasteiger partial charge in [-0.25, -0.2) is 5.01 Å². The SMILES string of the molecule is N#CC1=C(N)N(N2CCOCC2)C2=C(C(=O)CC(c3ccccc3)C2)C1c1ccc(Cl)cc1. The van der Waals surface area contributed by atoms with Gasteiger partial charge >= 0.3 is 0 Å². The van der Waals surface area contributed by atoms with Crippen LogP contribution in [0.2, 0.25) is 5.02 Å². The molecule has 0 aromatic heterocycles. The Hall–Kier alpha value is -3.11. The van der Waals surface area contributed by atoms with E-state index in [1.54, 1.807) is 12.1 Å². The normalized spacial score (nSPS) is 24.0. The van der Waals surface area contributed by atoms with Crippen LogP contribution in [0.15, 0.2) is 77.3 Å². The lowest BCUT2D eigenvalue weighted by atomic mass is 9.72. The fourth-order valence-electron chi connectivity index (χ4n) is 5.14. The average Bonchev–Trinajstić information content (AvgIpc) is 2.85. The molecule has 0 radical (unpaired) electrons. The Kier molecular flexibility index (Phi) is 5.94. The highest BCUT2D eigenvalue weighted by Crippen LogP contribution is 2.48. The summed E-state index contributed by atoms with van der Waals surface area (Å²) in [5, 5.41) is 14.8. The summed E-state index contributed by atoms with van der Waals surface area (Å²) in [6, 6.07) is 19.8. The fraction of sp³-hybridized carbons (Fsp3) is 0.308. The first-order chi connectivity index (χ1) is 16.1. The number of hydrazine groups is 1. The maximum atomic E-state index is 13.7. The topological polar surface area (TPSA) is 82.6 Å². The number of benzene rings is 2. The van der Waals surface area contributed by atoms with Crippen molar-refractivity contribution in [3.05, 3.63) is 93.4 Å². The Balaban J connectivity index is 1.66. The Labute approximate surface area is 198 Å². The number of hydrogen-bond donors (Lipinski definition) is 1. The molecule has 0 amide bonds. The van der Waals surface area contributed by atoms with Crippen LogP contribution in [0.25, 0.3) is 0 Å². The summed E-state index contributed by atoms with van der Waals surface area (Å²) in [6.45, 7) is 2.44. The minimum Gasteiger partial charge on any atom is -0.383 e. The van der Waals surface area contributed by atoms with Crippen LogP contribution in [-0.2, 0) is 9.53 Å². The quantitative estimate of drug-likeness (QED) is 0.743. The second-order valence-electron chi connectivity index (χ2n) is 8.57. The van der Waals surface area contributed by atoms with Crippen LogP contribution in [-0.4, -0.2) is 42.1 Å². The Morgan fingerprint density at radius 3 is 2.36 bits per heavy atom. The van der Waals surface area contributed by atoms with Gasteiger partial charge in [-0.3, -0.25) is 9.80 Å². The third-order valence-electron chi connectivity index (χ3n) is 6.69. The minimum atomic E-state index is -0.496. The Morgan fingerprint density at radius 2 is 1.70 bits per heavy atom. The fourth-order valence-corrected chi connectivity index (χ4v) is 5.26. The van der Waals surface area contributed by atoms with E-state index >= 15 is 0 Å². The molecule has 33 heavy (non-hydrogen) atoms. The van der Waals surface area contributed by atoms with E-state index in [1.165, 1.54) is 0 Å². The molecule has 0 saturated carbocycles. The van der Waals surface area contributed by atoms with E-state index in [1.807, 2.05) is 35.3 Å². The molecule has 1 fully saturated rings. The van der Waals surface area contributed by atoms with Crippen molar-refractivity contribution in [2.24, 2.45) is 5.73 Å². The Bertz CT molecular complexity index is 1160. The molecule has 3 aliphatic rings. The molecule has 2 aromatic rings. The monoisotopic (exact) mass is 460 g/mol. The van der Waals surface area contributed by atoms with Crippen molar-refractivity contribution in [2.75, 3.05) is 26.3 Å². The zero-order valence-corrected chi connectivity index (χ0v) is 19.0. The molecule has 0 bridgehead atoms. The number of halogens is 1. The Morgan fingerprint density at radius 1 is 1.00 bits per heavy atom. The summed E-state index contributed by atoms with van der Waals surface area (Å²) < 4.78 is 5.54. The number of ketones is 1. The molecule has 7 heteroatoms. The standard InChI is InChI=1S/C26H25ClN4O2/c27-20-8-6-18(7-9-20)24-21(16-28)26(29)31(30-10-12-33-13-11-30)22-14-19(15-23(32)25(22)24)17-4-2-1-3-5-17/h1-9,19,24H,10-15,29H2. The summed E-state index contributed by atoms with van der Waals surface area (Å²) in [6.07, 6.45) is 1.08. The van der Waals surface area contributed by atoms with Crippen LogP contribution in [0, 0.1) is 11.3 Å². The van der Waals surface area contributed by atoms with E-state index in [4.69, 9.17) is 22.1 Å². The molecule has 2 unspecified atom stereocenters. The summed E-state index contributed by atoms with van der Waals surface area (Å²) in [4.78, 5) is 13.7. The highest BCUT2D eigenvalue weighted by molar-refractivity contribution is 6.30. The molecular weight excluding hydrogens is 436 g/mol. The number of morpholine rings is 1. The van der Waals surface area contributed by atoms with Gasteiger partial charge in [-0.05, 0) is 35.6 Å².